The number of para-hydroxylation sites is 1. The number of non-ortho nitro benzene ring substituents is 1. The molecule has 5 nitrogen and oxygen atoms in total. The molecule has 0 unspecified atom stereocenters. The number of anilines is 1. The van der Waals surface area contributed by atoms with E-state index in [1.807, 2.05) is 13.8 Å². The normalized spacial score (nSPS) is 17.6. The summed E-state index contributed by atoms with van der Waals surface area (Å²) in [6, 6.07) is 26.8. The summed E-state index contributed by atoms with van der Waals surface area (Å²) in [5.41, 5.74) is 6.43. The molecule has 0 N–H and O–H groups in total. The van der Waals surface area contributed by atoms with E-state index in [0.29, 0.717) is 11.3 Å². The fraction of sp³-hybridized carbons (Fsp3) is 0.351. The van der Waals surface area contributed by atoms with E-state index in [-0.39, 0.29) is 22.7 Å². The molecule has 1 atom stereocenters. The van der Waals surface area contributed by atoms with Gasteiger partial charge < -0.3 is 4.90 Å². The first-order chi connectivity index (χ1) is 21.3. The molecule has 0 spiro atoms. The number of aryl methyl sites for hydroxylation is 2. The number of rotatable bonds is 8. The first-order valence-corrected chi connectivity index (χ1v) is 20.8. The largest absolute Gasteiger partial charge is 0.517 e. The van der Waals surface area contributed by atoms with Crippen LogP contribution < -0.4 is 9.64 Å². The van der Waals surface area contributed by atoms with E-state index in [4.69, 9.17) is 24.1 Å². The van der Waals surface area contributed by atoms with Crippen molar-refractivity contribution in [2.24, 2.45) is 0 Å². The third-order valence-corrected chi connectivity index (χ3v) is 10.1. The van der Waals surface area contributed by atoms with Crippen molar-refractivity contribution >= 4 is 46.1 Å². The van der Waals surface area contributed by atoms with Crippen LogP contribution in [0.1, 0.15) is 77.1 Å². The summed E-state index contributed by atoms with van der Waals surface area (Å²) >= 11 is -2.05. The summed E-state index contributed by atoms with van der Waals surface area (Å²) in [6.45, 7) is 18.0. The average molecular weight is 736 g/mol. The van der Waals surface area contributed by atoms with Crippen LogP contribution in [-0.4, -0.2) is 21.2 Å². The first-order valence-electron chi connectivity index (χ1n) is 15.3. The Morgan fingerprint density at radius 2 is 1.60 bits per heavy atom. The maximum Gasteiger partial charge on any atom is 0.0140 e. The zero-order chi connectivity index (χ0) is 32.9. The summed E-state index contributed by atoms with van der Waals surface area (Å²) in [5.74, 6) is 0.561. The van der Waals surface area contributed by atoms with Gasteiger partial charge in [0.05, 0.1) is 0 Å². The Morgan fingerprint density at radius 3 is 2.18 bits per heavy atom. The Kier molecular flexibility index (Phi) is 11.5. The molecule has 1 fully saturated rings. The Balaban J connectivity index is 0.000000233. The third kappa shape index (κ3) is 8.33. The molecule has 0 amide bonds. The second kappa shape index (κ2) is 14.8. The van der Waals surface area contributed by atoms with E-state index < -0.39 is 18.4 Å². The van der Waals surface area contributed by atoms with E-state index >= 15 is 0 Å². The van der Waals surface area contributed by atoms with Gasteiger partial charge in [0.2, 0.25) is 0 Å². The third-order valence-electron chi connectivity index (χ3n) is 8.23. The Labute approximate surface area is 281 Å². The molecule has 0 radical (unpaired) electrons. The van der Waals surface area contributed by atoms with Gasteiger partial charge in [-0.1, -0.05) is 87.0 Å². The smallest absolute Gasteiger partial charge is 0.0140 e. The number of benzene rings is 4. The summed E-state index contributed by atoms with van der Waals surface area (Å²) < 4.78 is 7.17. The summed E-state index contributed by atoms with van der Waals surface area (Å²) in [5, 5.41) is 13.3. The quantitative estimate of drug-likeness (QED) is 0.0783. The molecule has 0 bridgehead atoms. The van der Waals surface area contributed by atoms with Gasteiger partial charge in [0.15, 0.2) is 0 Å². The molecule has 1 aliphatic heterocycles. The predicted octanol–water partition coefficient (Wildman–Crippen LogP) is 10.5. The van der Waals surface area contributed by atoms with Crippen molar-refractivity contribution in [3.63, 3.8) is 0 Å². The first kappa shape index (κ1) is 35.1. The van der Waals surface area contributed by atoms with Crippen molar-refractivity contribution < 1.29 is 23.2 Å². The van der Waals surface area contributed by atoms with E-state index in [9.17, 15) is 10.1 Å². The number of hydrogen-bond donors (Lipinski definition) is 0. The van der Waals surface area contributed by atoms with Crippen LogP contribution in [0.5, 0.6) is 5.75 Å². The van der Waals surface area contributed by atoms with E-state index in [2.05, 4.69) is 107 Å². The Morgan fingerprint density at radius 1 is 0.956 bits per heavy atom. The van der Waals surface area contributed by atoms with Gasteiger partial charge in [-0.25, -0.2) is 6.54 Å². The van der Waals surface area contributed by atoms with Crippen molar-refractivity contribution in [3.05, 3.63) is 118 Å². The Bertz CT molecular complexity index is 1680. The number of ether oxygens (including phenoxy) is 1. The fourth-order valence-electron chi connectivity index (χ4n) is 6.28. The molecule has 45 heavy (non-hydrogen) atoms. The number of nitro benzene ring substituents is 1. The van der Waals surface area contributed by atoms with Crippen LogP contribution >= 0.6 is 19.4 Å². The molecular weight excluding hydrogens is 692 g/mol. The predicted molar refractivity (Wildman–Crippen MR) is 188 cm³/mol. The van der Waals surface area contributed by atoms with Crippen LogP contribution in [0.15, 0.2) is 78.9 Å². The van der Waals surface area contributed by atoms with Crippen LogP contribution in [-0.2, 0) is 31.8 Å². The van der Waals surface area contributed by atoms with Gasteiger partial charge >= 0.3 is 112 Å². The molecule has 5 rings (SSSR count). The molecule has 0 aliphatic carbocycles. The minimum Gasteiger partial charge on any atom is -0.517 e. The number of fused-ring (bicyclic) bond motifs is 1. The molecule has 242 valence electrons. The van der Waals surface area contributed by atoms with E-state index in [1.54, 1.807) is 10.7 Å². The van der Waals surface area contributed by atoms with Crippen molar-refractivity contribution in [2.45, 2.75) is 84.8 Å². The van der Waals surface area contributed by atoms with Gasteiger partial charge in [0.1, 0.15) is 0 Å². The summed E-state index contributed by atoms with van der Waals surface area (Å²) in [7, 11) is 11.6. The second-order valence-electron chi connectivity index (χ2n) is 12.6. The second-order valence-corrected chi connectivity index (χ2v) is 18.3. The molecule has 0 aromatic heterocycles. The number of hydrogen-bond acceptors (Lipinski definition) is 4. The number of nitrogens with zero attached hydrogens (tertiary/aromatic N) is 2. The van der Waals surface area contributed by atoms with E-state index in [0.717, 1.165) is 19.3 Å². The fourth-order valence-corrected chi connectivity index (χ4v) is 8.06. The molecule has 0 saturated carbocycles. The van der Waals surface area contributed by atoms with Crippen molar-refractivity contribution in [1.29, 1.82) is 0 Å². The standard InChI is InChI=1S/C27H32N.C10H11NO3.2ClH.Ru/c1-6-20-13-10-14-21(7-2)25(20)28-19-27(5,18-26(28,3)4)24-16-15-22-11-8-9-12-23(22)17-24;1-7(2)14-10-5-4-9(11(12)13)6-8(10)3;;;/h8-17,19H,6-7,18H2,1-5H3;3-7H,1-2H3;2*1H;/q-1;;;;+2/p-2/t27-;;;;/m1..../s1. The topological polar surface area (TPSA) is 55.6 Å². The van der Waals surface area contributed by atoms with Gasteiger partial charge in [-0.15, -0.1) is 5.41 Å². The molecule has 1 saturated heterocycles. The monoisotopic (exact) mass is 735 g/mol. The maximum absolute atomic E-state index is 10.7. The molecule has 4 aromatic carbocycles. The van der Waals surface area contributed by atoms with E-state index in [1.165, 1.54) is 45.3 Å². The molecule has 1 heterocycles. The van der Waals surface area contributed by atoms with Crippen LogP contribution in [0, 0.1) is 16.7 Å². The van der Waals surface area contributed by atoms with Gasteiger partial charge in [-0.05, 0) is 55.0 Å². The average Bonchev–Trinajstić information content (AvgIpc) is 3.25. The molecule has 4 aromatic rings. The SMILES string of the molecule is CC(C)Oc1ccc([N+](=O)[O-])cc1[CH]=[Ru]([Cl])[Cl].CCc1cccc(CC)c1N1[CH-][C@](C)(c2ccc3ccccc3c2)CC1(C)C. The number of nitro groups is 1. The van der Waals surface area contributed by atoms with Gasteiger partial charge in [0, 0.05) is 11.2 Å². The zero-order valence-corrected chi connectivity index (χ0v) is 30.3. The van der Waals surface area contributed by atoms with Gasteiger partial charge in [-0.3, -0.25) is 0 Å². The number of halogens is 2. The Hall–Kier alpha value is -2.79. The minimum atomic E-state index is -2.05. The van der Waals surface area contributed by atoms with Crippen molar-refractivity contribution in [1.82, 2.24) is 0 Å². The summed E-state index contributed by atoms with van der Waals surface area (Å²) in [4.78, 5) is 12.8. The maximum atomic E-state index is 10.7. The van der Waals surface area contributed by atoms with Gasteiger partial charge in [0.25, 0.3) is 0 Å². The van der Waals surface area contributed by atoms with Crippen molar-refractivity contribution in [3.8, 4) is 5.75 Å². The molecular formula is C37H43Cl2N2O3Ru-. The van der Waals surface area contributed by atoms with Crippen LogP contribution in [0.4, 0.5) is 11.4 Å². The molecule has 1 aliphatic rings. The zero-order valence-electron chi connectivity index (χ0n) is 27.1. The van der Waals surface area contributed by atoms with Crippen LogP contribution in [0.25, 0.3) is 10.8 Å². The van der Waals surface area contributed by atoms with Crippen molar-refractivity contribution in [2.75, 3.05) is 4.90 Å². The minimum absolute atomic E-state index is 0.00360. The summed E-state index contributed by atoms with van der Waals surface area (Å²) in [6.07, 6.45) is 3.22. The van der Waals surface area contributed by atoms with Crippen LogP contribution in [0.2, 0.25) is 0 Å². The van der Waals surface area contributed by atoms with Crippen LogP contribution in [0.3, 0.4) is 0 Å². The molecule has 8 heteroatoms. The van der Waals surface area contributed by atoms with Gasteiger partial charge in [-0.2, -0.15) is 0 Å².